The highest BCUT2D eigenvalue weighted by Gasteiger charge is 2.32. The Morgan fingerprint density at radius 3 is 2.89 bits per heavy atom. The van der Waals surface area contributed by atoms with E-state index in [1.165, 1.54) is 0 Å². The van der Waals surface area contributed by atoms with Gasteiger partial charge in [-0.15, -0.1) is 10.2 Å². The zero-order valence-corrected chi connectivity index (χ0v) is 11.5. The molecule has 2 aliphatic rings. The van der Waals surface area contributed by atoms with Crippen LogP contribution in [0.25, 0.3) is 0 Å². The van der Waals surface area contributed by atoms with Crippen LogP contribution in [0.4, 0.5) is 4.79 Å². The Hall–Kier alpha value is -1.98. The molecule has 0 aromatic heterocycles. The minimum absolute atomic E-state index is 0.111. The van der Waals surface area contributed by atoms with E-state index in [0.29, 0.717) is 18.2 Å². The number of amides is 2. The highest BCUT2D eigenvalue weighted by molar-refractivity contribution is 6.20. The van der Waals surface area contributed by atoms with Crippen molar-refractivity contribution < 1.29 is 4.79 Å². The largest absolute Gasteiger partial charge is 0.338 e. The molecule has 0 aliphatic carbocycles. The molecule has 0 fully saturated rings. The number of nitrogens with one attached hydrogen (secondary N) is 2. The molecular formula is C13H19N5O. The number of dihydropyridines is 1. The van der Waals surface area contributed by atoms with Crippen molar-refractivity contribution in [3.05, 3.63) is 11.6 Å². The third-order valence-electron chi connectivity index (χ3n) is 3.03. The average Bonchev–Trinajstić information content (AvgIpc) is 2.72. The van der Waals surface area contributed by atoms with Crippen molar-refractivity contribution in [3.63, 3.8) is 0 Å². The number of fused-ring (bicyclic) bond motifs is 1. The van der Waals surface area contributed by atoms with E-state index in [1.54, 1.807) is 0 Å². The van der Waals surface area contributed by atoms with Gasteiger partial charge >= 0.3 is 6.03 Å². The fourth-order valence-corrected chi connectivity index (χ4v) is 2.11. The van der Waals surface area contributed by atoms with Crippen LogP contribution in [-0.4, -0.2) is 30.0 Å². The smallest absolute Gasteiger partial charge is 0.320 e. The summed E-state index contributed by atoms with van der Waals surface area (Å²) in [5, 5.41) is 13.6. The molecule has 0 spiro atoms. The molecule has 6 heteroatoms. The Bertz CT molecular complexity index is 501. The molecular weight excluding hydrogens is 242 g/mol. The summed E-state index contributed by atoms with van der Waals surface area (Å²) < 4.78 is 0. The van der Waals surface area contributed by atoms with Gasteiger partial charge < -0.3 is 5.32 Å². The van der Waals surface area contributed by atoms with Crippen molar-refractivity contribution in [1.82, 2.24) is 10.6 Å². The zero-order valence-electron chi connectivity index (χ0n) is 11.5. The van der Waals surface area contributed by atoms with Gasteiger partial charge in [0.25, 0.3) is 0 Å². The molecule has 2 N–H and O–H groups in total. The molecule has 19 heavy (non-hydrogen) atoms. The number of allylic oxidation sites excluding steroid dienone is 1. The minimum atomic E-state index is -0.234. The van der Waals surface area contributed by atoms with Crippen molar-refractivity contribution in [3.8, 4) is 0 Å². The predicted octanol–water partition coefficient (Wildman–Crippen LogP) is 1.85. The zero-order chi connectivity index (χ0) is 13.8. The van der Waals surface area contributed by atoms with Crippen LogP contribution < -0.4 is 10.6 Å². The second-order valence-electron chi connectivity index (χ2n) is 4.75. The lowest BCUT2D eigenvalue weighted by Gasteiger charge is -2.18. The van der Waals surface area contributed by atoms with Crippen molar-refractivity contribution in [2.45, 2.75) is 33.6 Å². The standard InChI is InChI=1S/C13H19N5O/c1-4-5-6-14-13(19)16-12-10-8(2)7-9(3)15-11(10)17-18-12/h7,10H,4-6H2,1-3H3,(H2,14,16,18,19)/t10-/m0/s1. The summed E-state index contributed by atoms with van der Waals surface area (Å²) in [4.78, 5) is 16.0. The molecule has 2 amide bonds. The molecule has 1 atom stereocenters. The number of hydrogen-bond donors (Lipinski definition) is 2. The lowest BCUT2D eigenvalue weighted by Crippen LogP contribution is -2.43. The number of rotatable bonds is 3. The fraction of sp³-hybridized carbons (Fsp3) is 0.538. The highest BCUT2D eigenvalue weighted by atomic mass is 16.2. The SMILES string of the molecule is CCCCNC(=O)NC1=NN=C2N=C(C)C=C(C)[C@@H]21. The van der Waals surface area contributed by atoms with Gasteiger partial charge in [0.2, 0.25) is 0 Å². The number of nitrogens with zero attached hydrogens (tertiary/aromatic N) is 3. The van der Waals surface area contributed by atoms with Crippen LogP contribution in [0, 0.1) is 5.92 Å². The molecule has 0 radical (unpaired) electrons. The maximum Gasteiger partial charge on any atom is 0.320 e. The second-order valence-corrected chi connectivity index (χ2v) is 4.75. The molecule has 2 aliphatic heterocycles. The Labute approximate surface area is 112 Å². The van der Waals surface area contributed by atoms with Crippen molar-refractivity contribution in [1.29, 1.82) is 0 Å². The summed E-state index contributed by atoms with van der Waals surface area (Å²) in [6, 6.07) is -0.234. The average molecular weight is 261 g/mol. The summed E-state index contributed by atoms with van der Waals surface area (Å²) in [5.74, 6) is 1.09. The Kier molecular flexibility index (Phi) is 4.09. The molecule has 0 saturated heterocycles. The van der Waals surface area contributed by atoms with Crippen LogP contribution in [-0.2, 0) is 0 Å². The van der Waals surface area contributed by atoms with Crippen LogP contribution in [0.1, 0.15) is 33.6 Å². The Balaban J connectivity index is 1.95. The van der Waals surface area contributed by atoms with Crippen molar-refractivity contribution in [2.75, 3.05) is 6.54 Å². The summed E-state index contributed by atoms with van der Waals surface area (Å²) >= 11 is 0. The quantitative estimate of drug-likeness (QED) is 0.747. The molecule has 0 unspecified atom stereocenters. The van der Waals surface area contributed by atoms with Gasteiger partial charge in [0, 0.05) is 12.3 Å². The van der Waals surface area contributed by atoms with Gasteiger partial charge in [0.15, 0.2) is 5.84 Å². The van der Waals surface area contributed by atoms with Gasteiger partial charge in [-0.2, -0.15) is 0 Å². The van der Waals surface area contributed by atoms with E-state index in [-0.39, 0.29) is 11.9 Å². The number of aliphatic imine (C=N–C) groups is 1. The Morgan fingerprint density at radius 1 is 1.37 bits per heavy atom. The first-order valence-electron chi connectivity index (χ1n) is 6.55. The fourth-order valence-electron chi connectivity index (χ4n) is 2.11. The van der Waals surface area contributed by atoms with Gasteiger partial charge in [-0.3, -0.25) is 5.32 Å². The van der Waals surface area contributed by atoms with E-state index in [2.05, 4.69) is 32.8 Å². The van der Waals surface area contributed by atoms with E-state index >= 15 is 0 Å². The molecule has 0 saturated carbocycles. The van der Waals surface area contributed by atoms with Crippen LogP contribution >= 0.6 is 0 Å². The van der Waals surface area contributed by atoms with Gasteiger partial charge in [-0.05, 0) is 26.3 Å². The lowest BCUT2D eigenvalue weighted by atomic mass is 9.95. The number of carbonyl (C=O) groups excluding carboxylic acids is 1. The number of amidine groups is 2. The van der Waals surface area contributed by atoms with E-state index in [1.807, 2.05) is 19.9 Å². The number of unbranched alkanes of at least 4 members (excludes halogenated alkanes) is 1. The molecule has 2 heterocycles. The first kappa shape index (κ1) is 13.5. The van der Waals surface area contributed by atoms with Gasteiger partial charge in [-0.1, -0.05) is 18.9 Å². The molecule has 2 rings (SSSR count). The van der Waals surface area contributed by atoms with Crippen LogP contribution in [0.2, 0.25) is 0 Å². The third-order valence-corrected chi connectivity index (χ3v) is 3.03. The van der Waals surface area contributed by atoms with E-state index < -0.39 is 0 Å². The normalized spacial score (nSPS) is 20.9. The molecule has 6 nitrogen and oxygen atoms in total. The van der Waals surface area contributed by atoms with Crippen molar-refractivity contribution in [2.24, 2.45) is 21.1 Å². The number of urea groups is 1. The van der Waals surface area contributed by atoms with Crippen LogP contribution in [0.3, 0.4) is 0 Å². The van der Waals surface area contributed by atoms with E-state index in [4.69, 9.17) is 0 Å². The van der Waals surface area contributed by atoms with Gasteiger partial charge in [0.05, 0.1) is 0 Å². The monoisotopic (exact) mass is 261 g/mol. The summed E-state index contributed by atoms with van der Waals surface area (Å²) in [7, 11) is 0. The molecule has 0 aromatic carbocycles. The summed E-state index contributed by atoms with van der Waals surface area (Å²) in [6.45, 7) is 6.67. The first-order valence-corrected chi connectivity index (χ1v) is 6.55. The molecule has 102 valence electrons. The van der Waals surface area contributed by atoms with E-state index in [0.717, 1.165) is 24.1 Å². The topological polar surface area (TPSA) is 78.2 Å². The number of hydrogen-bond acceptors (Lipinski definition) is 4. The van der Waals surface area contributed by atoms with Gasteiger partial charge in [0.1, 0.15) is 11.8 Å². The molecule has 0 aromatic rings. The minimum Gasteiger partial charge on any atom is -0.338 e. The predicted molar refractivity (Wildman–Crippen MR) is 76.7 cm³/mol. The maximum absolute atomic E-state index is 11.7. The second kappa shape index (κ2) is 5.77. The first-order chi connectivity index (χ1) is 9.11. The Morgan fingerprint density at radius 2 is 2.16 bits per heavy atom. The van der Waals surface area contributed by atoms with Crippen LogP contribution in [0.5, 0.6) is 0 Å². The van der Waals surface area contributed by atoms with Gasteiger partial charge in [-0.25, -0.2) is 9.79 Å². The summed E-state index contributed by atoms with van der Waals surface area (Å²) in [6.07, 6.45) is 4.00. The number of carbonyl (C=O) groups is 1. The van der Waals surface area contributed by atoms with E-state index in [9.17, 15) is 4.79 Å². The third kappa shape index (κ3) is 3.07. The highest BCUT2D eigenvalue weighted by Crippen LogP contribution is 2.23. The lowest BCUT2D eigenvalue weighted by molar-refractivity contribution is 0.245. The van der Waals surface area contributed by atoms with Crippen molar-refractivity contribution >= 4 is 23.4 Å². The maximum atomic E-state index is 11.7. The molecule has 0 bridgehead atoms. The van der Waals surface area contributed by atoms with Crippen LogP contribution in [0.15, 0.2) is 26.8 Å². The summed E-state index contributed by atoms with van der Waals surface area (Å²) in [5.41, 5.74) is 2.01.